The second-order valence-electron chi connectivity index (χ2n) is 8.17. The van der Waals surface area contributed by atoms with Crippen molar-refractivity contribution in [1.82, 2.24) is 5.32 Å². The lowest BCUT2D eigenvalue weighted by atomic mass is 10.0. The lowest BCUT2D eigenvalue weighted by molar-refractivity contribution is 0.103. The highest BCUT2D eigenvalue weighted by molar-refractivity contribution is 7.17. The predicted molar refractivity (Wildman–Crippen MR) is 128 cm³/mol. The van der Waals surface area contributed by atoms with E-state index in [4.69, 9.17) is 0 Å². The van der Waals surface area contributed by atoms with Gasteiger partial charge in [-0.05, 0) is 66.9 Å². The number of anilines is 2. The maximum absolute atomic E-state index is 12.7. The van der Waals surface area contributed by atoms with E-state index in [9.17, 15) is 4.79 Å². The average molecular weight is 420 g/mol. The number of thiophene rings is 1. The van der Waals surface area contributed by atoms with Gasteiger partial charge in [0.15, 0.2) is 0 Å². The second kappa shape index (κ2) is 9.02. The van der Waals surface area contributed by atoms with Gasteiger partial charge >= 0.3 is 0 Å². The Kier molecular flexibility index (Phi) is 6.21. The number of nitrogens with zero attached hydrogens (tertiary/aromatic N) is 1. The predicted octanol–water partition coefficient (Wildman–Crippen LogP) is 5.59. The third kappa shape index (κ3) is 4.58. The molecule has 4 rings (SSSR count). The Morgan fingerprint density at radius 1 is 1.10 bits per heavy atom. The summed E-state index contributed by atoms with van der Waals surface area (Å²) >= 11 is 1.53. The molecule has 0 saturated carbocycles. The molecule has 4 nitrogen and oxygen atoms in total. The summed E-state index contributed by atoms with van der Waals surface area (Å²) in [6.45, 7) is 6.48. The molecule has 1 saturated heterocycles. The minimum Gasteiger partial charge on any atom is -0.370 e. The van der Waals surface area contributed by atoms with Crippen LogP contribution in [0.25, 0.3) is 10.4 Å². The van der Waals surface area contributed by atoms with E-state index in [0.29, 0.717) is 12.0 Å². The maximum atomic E-state index is 12.7. The summed E-state index contributed by atoms with van der Waals surface area (Å²) in [5.41, 5.74) is 4.50. The second-order valence-corrected chi connectivity index (χ2v) is 9.25. The Morgan fingerprint density at radius 3 is 2.60 bits per heavy atom. The molecule has 1 aliphatic rings. The fraction of sp³-hybridized carbons (Fsp3) is 0.320. The van der Waals surface area contributed by atoms with E-state index in [0.717, 1.165) is 35.0 Å². The van der Waals surface area contributed by atoms with Crippen LogP contribution in [0.15, 0.2) is 60.7 Å². The molecule has 2 heterocycles. The molecule has 1 aromatic heterocycles. The van der Waals surface area contributed by atoms with Gasteiger partial charge < -0.3 is 15.5 Å². The number of carbonyl (C=O) groups excluding carboxylic acids is 1. The van der Waals surface area contributed by atoms with E-state index < -0.39 is 0 Å². The quantitative estimate of drug-likeness (QED) is 0.547. The first-order valence-corrected chi connectivity index (χ1v) is 11.4. The van der Waals surface area contributed by atoms with Crippen molar-refractivity contribution in [2.24, 2.45) is 0 Å². The van der Waals surface area contributed by atoms with Gasteiger partial charge in [-0.25, -0.2) is 0 Å². The lowest BCUT2D eigenvalue weighted by Crippen LogP contribution is -2.29. The van der Waals surface area contributed by atoms with Crippen LogP contribution in [-0.4, -0.2) is 32.1 Å². The van der Waals surface area contributed by atoms with Crippen LogP contribution < -0.4 is 15.5 Å². The van der Waals surface area contributed by atoms with E-state index >= 15 is 0 Å². The van der Waals surface area contributed by atoms with E-state index in [1.165, 1.54) is 28.2 Å². The molecule has 3 aromatic rings. The Hall–Kier alpha value is -2.63. The minimum absolute atomic E-state index is 0.0598. The molecule has 1 unspecified atom stereocenters. The zero-order valence-corrected chi connectivity index (χ0v) is 18.6. The van der Waals surface area contributed by atoms with Crippen molar-refractivity contribution in [2.75, 3.05) is 30.4 Å². The Bertz CT molecular complexity index is 1010. The number of amides is 1. The first-order chi connectivity index (χ1) is 14.5. The highest BCUT2D eigenvalue weighted by Gasteiger charge is 2.21. The summed E-state index contributed by atoms with van der Waals surface area (Å²) in [6.07, 6.45) is 1.16. The molecular weight excluding hydrogens is 390 g/mol. The van der Waals surface area contributed by atoms with Gasteiger partial charge in [-0.15, -0.1) is 11.3 Å². The fourth-order valence-corrected chi connectivity index (χ4v) is 4.74. The smallest absolute Gasteiger partial charge is 0.265 e. The van der Waals surface area contributed by atoms with Crippen molar-refractivity contribution < 1.29 is 4.79 Å². The Labute approximate surface area is 182 Å². The molecule has 2 aromatic carbocycles. The SMILES string of the molecule is CNC1CCN(c2ccc(NC(=O)c3ccc(-c4cccc(C(C)C)c4)s3)cc2)C1. The highest BCUT2D eigenvalue weighted by Crippen LogP contribution is 2.31. The lowest BCUT2D eigenvalue weighted by Gasteiger charge is -2.19. The molecule has 0 radical (unpaired) electrons. The monoisotopic (exact) mass is 419 g/mol. The summed E-state index contributed by atoms with van der Waals surface area (Å²) in [4.78, 5) is 17.0. The molecular formula is C25H29N3OS. The van der Waals surface area contributed by atoms with Gasteiger partial charge in [-0.1, -0.05) is 38.1 Å². The van der Waals surface area contributed by atoms with Crippen molar-refractivity contribution in [1.29, 1.82) is 0 Å². The topological polar surface area (TPSA) is 44.4 Å². The fourth-order valence-electron chi connectivity index (χ4n) is 3.84. The number of hydrogen-bond acceptors (Lipinski definition) is 4. The number of nitrogens with one attached hydrogen (secondary N) is 2. The molecule has 1 amide bonds. The van der Waals surface area contributed by atoms with Crippen LogP contribution in [0.1, 0.15) is 41.4 Å². The zero-order chi connectivity index (χ0) is 21.1. The van der Waals surface area contributed by atoms with Crippen molar-refractivity contribution in [3.8, 4) is 10.4 Å². The largest absolute Gasteiger partial charge is 0.370 e. The van der Waals surface area contributed by atoms with Crippen molar-refractivity contribution >= 4 is 28.6 Å². The van der Waals surface area contributed by atoms with Gasteiger partial charge in [-0.3, -0.25) is 4.79 Å². The van der Waals surface area contributed by atoms with Gasteiger partial charge in [0.05, 0.1) is 4.88 Å². The first-order valence-electron chi connectivity index (χ1n) is 10.6. The molecule has 2 N–H and O–H groups in total. The molecule has 1 atom stereocenters. The van der Waals surface area contributed by atoms with Crippen LogP contribution in [0, 0.1) is 0 Å². The van der Waals surface area contributed by atoms with Gasteiger partial charge in [0.25, 0.3) is 5.91 Å². The van der Waals surface area contributed by atoms with Crippen LogP contribution in [-0.2, 0) is 0 Å². The zero-order valence-electron chi connectivity index (χ0n) is 17.8. The molecule has 1 fully saturated rings. The van der Waals surface area contributed by atoms with Crippen molar-refractivity contribution in [3.63, 3.8) is 0 Å². The van der Waals surface area contributed by atoms with Crippen LogP contribution in [0.2, 0.25) is 0 Å². The summed E-state index contributed by atoms with van der Waals surface area (Å²) < 4.78 is 0. The first kappa shape index (κ1) is 20.6. The standard InChI is InChI=1S/C25H29N3OS/c1-17(2)18-5-4-6-19(15-18)23-11-12-24(30-23)25(29)27-20-7-9-22(10-8-20)28-14-13-21(16-28)26-3/h4-12,15,17,21,26H,13-14,16H2,1-3H3,(H,27,29). The van der Waals surface area contributed by atoms with Crippen LogP contribution >= 0.6 is 11.3 Å². The summed E-state index contributed by atoms with van der Waals surface area (Å²) in [6, 6.07) is 21.2. The minimum atomic E-state index is -0.0598. The Balaban J connectivity index is 1.42. The molecule has 156 valence electrons. The van der Waals surface area contributed by atoms with E-state index in [1.807, 2.05) is 31.3 Å². The number of carbonyl (C=O) groups is 1. The van der Waals surface area contributed by atoms with Gasteiger partial charge in [-0.2, -0.15) is 0 Å². The highest BCUT2D eigenvalue weighted by atomic mass is 32.1. The molecule has 0 bridgehead atoms. The average Bonchev–Trinajstić information content (AvgIpc) is 3.44. The number of benzene rings is 2. The molecule has 0 spiro atoms. The van der Waals surface area contributed by atoms with Crippen molar-refractivity contribution in [2.45, 2.75) is 32.2 Å². The van der Waals surface area contributed by atoms with Gasteiger partial charge in [0.1, 0.15) is 0 Å². The number of hydrogen-bond donors (Lipinski definition) is 2. The molecule has 30 heavy (non-hydrogen) atoms. The van der Waals surface area contributed by atoms with E-state index in [-0.39, 0.29) is 5.91 Å². The number of likely N-dealkylation sites (N-methyl/N-ethyl adjacent to an activating group) is 1. The molecule has 1 aliphatic heterocycles. The normalized spacial score (nSPS) is 16.3. The van der Waals surface area contributed by atoms with Crippen molar-refractivity contribution in [3.05, 3.63) is 71.1 Å². The van der Waals surface area contributed by atoms with Crippen LogP contribution in [0.3, 0.4) is 0 Å². The van der Waals surface area contributed by atoms with Gasteiger partial charge in [0, 0.05) is 35.4 Å². The van der Waals surface area contributed by atoms with Crippen LogP contribution in [0.4, 0.5) is 11.4 Å². The maximum Gasteiger partial charge on any atom is 0.265 e. The third-order valence-corrected chi connectivity index (χ3v) is 6.89. The molecule has 5 heteroatoms. The summed E-state index contributed by atoms with van der Waals surface area (Å²) in [7, 11) is 2.02. The Morgan fingerprint density at radius 2 is 1.90 bits per heavy atom. The molecule has 0 aliphatic carbocycles. The van der Waals surface area contributed by atoms with E-state index in [1.54, 1.807) is 0 Å². The van der Waals surface area contributed by atoms with Crippen LogP contribution in [0.5, 0.6) is 0 Å². The summed E-state index contributed by atoms with van der Waals surface area (Å²) in [5.74, 6) is 0.427. The third-order valence-electron chi connectivity index (χ3n) is 5.75. The van der Waals surface area contributed by atoms with Gasteiger partial charge in [0.2, 0.25) is 0 Å². The summed E-state index contributed by atoms with van der Waals surface area (Å²) in [5, 5.41) is 6.37. The number of rotatable bonds is 6. The van der Waals surface area contributed by atoms with E-state index in [2.05, 4.69) is 65.8 Å².